The first-order valence-electron chi connectivity index (χ1n) is 6.49. The molecule has 5 nitrogen and oxygen atoms in total. The summed E-state index contributed by atoms with van der Waals surface area (Å²) in [6, 6.07) is 1.71. The molecule has 0 N–H and O–H groups in total. The molecular weight excluding hydrogens is 299 g/mol. The Morgan fingerprint density at radius 1 is 1.40 bits per heavy atom. The van der Waals surface area contributed by atoms with Gasteiger partial charge in [-0.25, -0.2) is 4.98 Å². The average molecular weight is 313 g/mol. The minimum Gasteiger partial charge on any atom is -0.355 e. The molecule has 1 aliphatic heterocycles. The zero-order chi connectivity index (χ0) is 14.1. The molecule has 2 aromatic heterocycles. The first-order valence-corrected chi connectivity index (χ1v) is 7.25. The van der Waals surface area contributed by atoms with Crippen molar-refractivity contribution >= 4 is 29.0 Å². The van der Waals surface area contributed by atoms with E-state index in [9.17, 15) is 0 Å². The Morgan fingerprint density at radius 2 is 2.25 bits per heavy atom. The Balaban J connectivity index is 1.81. The largest absolute Gasteiger partial charge is 0.355 e. The zero-order valence-corrected chi connectivity index (χ0v) is 12.5. The van der Waals surface area contributed by atoms with Crippen LogP contribution in [0.5, 0.6) is 0 Å². The van der Waals surface area contributed by atoms with Crippen LogP contribution in [0.25, 0.3) is 0 Å². The van der Waals surface area contributed by atoms with E-state index >= 15 is 0 Å². The number of aryl methyl sites for hydroxylation is 1. The lowest BCUT2D eigenvalue weighted by atomic mass is 9.98. The predicted molar refractivity (Wildman–Crippen MR) is 77.5 cm³/mol. The lowest BCUT2D eigenvalue weighted by Gasteiger charge is -2.32. The molecule has 1 saturated heterocycles. The van der Waals surface area contributed by atoms with Crippen LogP contribution in [0.15, 0.2) is 16.8 Å². The smallest absolute Gasteiger partial charge is 0.231 e. The third-order valence-electron chi connectivity index (χ3n) is 3.40. The van der Waals surface area contributed by atoms with Crippen LogP contribution in [-0.4, -0.2) is 28.2 Å². The van der Waals surface area contributed by atoms with Crippen molar-refractivity contribution in [3.63, 3.8) is 0 Å². The van der Waals surface area contributed by atoms with Crippen LogP contribution >= 0.6 is 23.2 Å². The molecule has 0 aliphatic carbocycles. The fraction of sp³-hybridized carbons (Fsp3) is 0.462. The molecule has 0 aromatic carbocycles. The maximum atomic E-state index is 6.22. The summed E-state index contributed by atoms with van der Waals surface area (Å²) in [5.41, 5.74) is 0. The summed E-state index contributed by atoms with van der Waals surface area (Å²) in [4.78, 5) is 10.8. The van der Waals surface area contributed by atoms with Crippen LogP contribution in [-0.2, 0) is 0 Å². The van der Waals surface area contributed by atoms with Gasteiger partial charge in [0.15, 0.2) is 5.82 Å². The van der Waals surface area contributed by atoms with Gasteiger partial charge in [-0.2, -0.15) is 4.98 Å². The molecule has 1 aliphatic rings. The van der Waals surface area contributed by atoms with Crippen molar-refractivity contribution in [2.45, 2.75) is 25.7 Å². The highest BCUT2D eigenvalue weighted by Crippen LogP contribution is 2.32. The van der Waals surface area contributed by atoms with Gasteiger partial charge in [0.25, 0.3) is 0 Å². The van der Waals surface area contributed by atoms with E-state index in [1.54, 1.807) is 12.3 Å². The van der Waals surface area contributed by atoms with E-state index in [0.29, 0.717) is 21.8 Å². The number of pyridine rings is 1. The summed E-state index contributed by atoms with van der Waals surface area (Å²) in [5, 5.41) is 4.97. The monoisotopic (exact) mass is 312 g/mol. The molecule has 1 atom stereocenters. The van der Waals surface area contributed by atoms with Crippen LogP contribution in [0.1, 0.15) is 30.5 Å². The Bertz CT molecular complexity index is 616. The second-order valence-electron chi connectivity index (χ2n) is 4.92. The summed E-state index contributed by atoms with van der Waals surface area (Å²) in [7, 11) is 0. The number of anilines is 1. The second kappa shape index (κ2) is 5.58. The van der Waals surface area contributed by atoms with Gasteiger partial charge in [-0.05, 0) is 25.8 Å². The lowest BCUT2D eigenvalue weighted by molar-refractivity contribution is 0.331. The van der Waals surface area contributed by atoms with Crippen LogP contribution in [0.4, 0.5) is 5.82 Å². The second-order valence-corrected chi connectivity index (χ2v) is 5.77. The fourth-order valence-corrected chi connectivity index (χ4v) is 2.99. The van der Waals surface area contributed by atoms with E-state index in [4.69, 9.17) is 27.7 Å². The van der Waals surface area contributed by atoms with E-state index in [0.717, 1.165) is 31.7 Å². The summed E-state index contributed by atoms with van der Waals surface area (Å²) < 4.78 is 5.28. The molecule has 20 heavy (non-hydrogen) atoms. The Hall–Kier alpha value is -1.33. The molecule has 7 heteroatoms. The van der Waals surface area contributed by atoms with Crippen molar-refractivity contribution < 1.29 is 4.52 Å². The molecule has 0 spiro atoms. The third kappa shape index (κ3) is 2.74. The van der Waals surface area contributed by atoms with Crippen LogP contribution in [0.3, 0.4) is 0 Å². The predicted octanol–water partition coefficient (Wildman–Crippen LogP) is 3.46. The Kier molecular flexibility index (Phi) is 3.81. The number of aromatic nitrogens is 3. The molecule has 3 heterocycles. The number of hydrogen-bond donors (Lipinski definition) is 0. The zero-order valence-electron chi connectivity index (χ0n) is 11.0. The van der Waals surface area contributed by atoms with Crippen molar-refractivity contribution in [1.29, 1.82) is 0 Å². The molecule has 0 bridgehead atoms. The van der Waals surface area contributed by atoms with Gasteiger partial charge in [-0.1, -0.05) is 28.4 Å². The number of hydrogen-bond acceptors (Lipinski definition) is 5. The molecule has 3 rings (SSSR count). The quantitative estimate of drug-likeness (QED) is 0.850. The van der Waals surface area contributed by atoms with Crippen LogP contribution < -0.4 is 4.90 Å². The normalized spacial score (nSPS) is 19.4. The first-order chi connectivity index (χ1) is 9.63. The minimum atomic E-state index is 0.221. The maximum Gasteiger partial charge on any atom is 0.231 e. The molecule has 0 saturated carbocycles. The van der Waals surface area contributed by atoms with Gasteiger partial charge >= 0.3 is 0 Å². The number of piperidine rings is 1. The number of halogens is 2. The van der Waals surface area contributed by atoms with Gasteiger partial charge in [0.2, 0.25) is 5.89 Å². The molecule has 106 valence electrons. The van der Waals surface area contributed by atoms with Crippen molar-refractivity contribution in [3.8, 4) is 0 Å². The van der Waals surface area contributed by atoms with Gasteiger partial charge < -0.3 is 9.42 Å². The van der Waals surface area contributed by atoms with Crippen LogP contribution in [0, 0.1) is 6.92 Å². The molecular formula is C13H14Cl2N4O. The van der Waals surface area contributed by atoms with Crippen molar-refractivity contribution in [2.24, 2.45) is 0 Å². The third-order valence-corrected chi connectivity index (χ3v) is 3.89. The maximum absolute atomic E-state index is 6.22. The summed E-state index contributed by atoms with van der Waals surface area (Å²) in [5.74, 6) is 2.34. The highest BCUT2D eigenvalue weighted by atomic mass is 35.5. The summed E-state index contributed by atoms with van der Waals surface area (Å²) in [6.07, 6.45) is 3.68. The van der Waals surface area contributed by atoms with Crippen molar-refractivity contribution in [2.75, 3.05) is 18.0 Å². The number of rotatable bonds is 2. The molecule has 0 unspecified atom stereocenters. The Labute approximate surface area is 126 Å². The fourth-order valence-electron chi connectivity index (χ4n) is 2.49. The average Bonchev–Trinajstić information content (AvgIpc) is 2.86. The lowest BCUT2D eigenvalue weighted by Crippen LogP contribution is -2.35. The van der Waals surface area contributed by atoms with Crippen LogP contribution in [0.2, 0.25) is 10.0 Å². The highest BCUT2D eigenvalue weighted by Gasteiger charge is 2.27. The Morgan fingerprint density at radius 3 is 2.95 bits per heavy atom. The SMILES string of the molecule is Cc1noc([C@@H]2CCCN(c3ncc(Cl)cc3Cl)C2)n1. The van der Waals surface area contributed by atoms with E-state index in [1.165, 1.54) is 0 Å². The van der Waals surface area contributed by atoms with Gasteiger partial charge in [-0.15, -0.1) is 0 Å². The molecule has 2 aromatic rings. The van der Waals surface area contributed by atoms with E-state index in [2.05, 4.69) is 20.0 Å². The summed E-state index contributed by atoms with van der Waals surface area (Å²) in [6.45, 7) is 3.51. The molecule has 1 fully saturated rings. The van der Waals surface area contributed by atoms with E-state index in [-0.39, 0.29) is 5.92 Å². The first kappa shape index (κ1) is 13.6. The van der Waals surface area contributed by atoms with Gasteiger partial charge in [-0.3, -0.25) is 0 Å². The van der Waals surface area contributed by atoms with Crippen molar-refractivity contribution in [1.82, 2.24) is 15.1 Å². The highest BCUT2D eigenvalue weighted by molar-refractivity contribution is 6.36. The van der Waals surface area contributed by atoms with Crippen molar-refractivity contribution in [3.05, 3.63) is 34.0 Å². The standard InChI is InChI=1S/C13H14Cl2N4O/c1-8-17-13(20-18-8)9-3-2-4-19(7-9)12-11(15)5-10(14)6-16-12/h5-6,9H,2-4,7H2,1H3/t9-/m1/s1. The minimum absolute atomic E-state index is 0.221. The van der Waals surface area contributed by atoms with Gasteiger partial charge in [0, 0.05) is 19.3 Å². The summed E-state index contributed by atoms with van der Waals surface area (Å²) >= 11 is 12.1. The number of nitrogens with zero attached hydrogens (tertiary/aromatic N) is 4. The van der Waals surface area contributed by atoms with E-state index in [1.807, 2.05) is 6.92 Å². The molecule has 0 amide bonds. The van der Waals surface area contributed by atoms with Gasteiger partial charge in [0.1, 0.15) is 5.82 Å². The topological polar surface area (TPSA) is 55.1 Å². The molecule has 0 radical (unpaired) electrons. The van der Waals surface area contributed by atoms with E-state index < -0.39 is 0 Å². The van der Waals surface area contributed by atoms with Gasteiger partial charge in [0.05, 0.1) is 16.0 Å².